The number of hydrogen-bond acceptors (Lipinski definition) is 3. The summed E-state index contributed by atoms with van der Waals surface area (Å²) >= 11 is 3.40. The molecule has 0 aliphatic rings. The van der Waals surface area contributed by atoms with Gasteiger partial charge in [-0.2, -0.15) is 0 Å². The van der Waals surface area contributed by atoms with Crippen molar-refractivity contribution in [2.75, 3.05) is 5.73 Å². The summed E-state index contributed by atoms with van der Waals surface area (Å²) in [5.74, 6) is 1.29. The lowest BCUT2D eigenvalue weighted by atomic mass is 10.1. The smallest absolute Gasteiger partial charge is 0.131 e. The van der Waals surface area contributed by atoms with Gasteiger partial charge in [0.1, 0.15) is 11.6 Å². The van der Waals surface area contributed by atoms with E-state index in [9.17, 15) is 0 Å². The van der Waals surface area contributed by atoms with Gasteiger partial charge in [-0.05, 0) is 12.1 Å². The lowest BCUT2D eigenvalue weighted by Crippen LogP contribution is -1.99. The van der Waals surface area contributed by atoms with Crippen LogP contribution in [0.5, 0.6) is 0 Å². The van der Waals surface area contributed by atoms with Crippen LogP contribution in [0.25, 0.3) is 11.3 Å². The van der Waals surface area contributed by atoms with Gasteiger partial charge in [-0.25, -0.2) is 9.97 Å². The minimum atomic E-state index is 0.518. The van der Waals surface area contributed by atoms with E-state index in [0.29, 0.717) is 5.82 Å². The van der Waals surface area contributed by atoms with E-state index in [-0.39, 0.29) is 0 Å². The average Bonchev–Trinajstić information content (AvgIpc) is 2.29. The number of nitrogens with two attached hydrogens (primary N) is 1. The van der Waals surface area contributed by atoms with Crippen LogP contribution in [0.3, 0.4) is 0 Å². The van der Waals surface area contributed by atoms with Gasteiger partial charge in [-0.1, -0.05) is 35.0 Å². The molecule has 0 aliphatic carbocycles. The Kier molecular flexibility index (Phi) is 3.19. The normalized spacial score (nSPS) is 10.4. The number of rotatable bonds is 2. The maximum Gasteiger partial charge on any atom is 0.131 e. The summed E-state index contributed by atoms with van der Waals surface area (Å²) in [5.41, 5.74) is 7.66. The molecule has 0 radical (unpaired) electrons. The third-order valence-electron chi connectivity index (χ3n) is 2.25. The Labute approximate surface area is 103 Å². The molecule has 2 rings (SSSR count). The molecule has 4 heteroatoms. The first-order chi connectivity index (χ1) is 7.69. The molecule has 0 unspecified atom stereocenters. The zero-order chi connectivity index (χ0) is 11.5. The Morgan fingerprint density at radius 1 is 1.19 bits per heavy atom. The highest BCUT2D eigenvalue weighted by Gasteiger charge is 2.03. The van der Waals surface area contributed by atoms with E-state index in [4.69, 9.17) is 5.73 Å². The van der Waals surface area contributed by atoms with Gasteiger partial charge >= 0.3 is 0 Å². The van der Waals surface area contributed by atoms with Gasteiger partial charge in [0.05, 0.1) is 5.69 Å². The number of anilines is 1. The van der Waals surface area contributed by atoms with Crippen molar-refractivity contribution in [3.8, 4) is 11.3 Å². The molecule has 0 atom stereocenters. The molecule has 0 saturated heterocycles. The Balaban J connectivity index is 2.47. The van der Waals surface area contributed by atoms with Crippen LogP contribution < -0.4 is 5.73 Å². The van der Waals surface area contributed by atoms with Crippen molar-refractivity contribution in [2.24, 2.45) is 0 Å². The fourth-order valence-electron chi connectivity index (χ4n) is 1.44. The number of aromatic nitrogens is 2. The Bertz CT molecular complexity index is 494. The molecule has 0 saturated carbocycles. The van der Waals surface area contributed by atoms with Gasteiger partial charge in [-0.3, -0.25) is 0 Å². The molecule has 0 aliphatic heterocycles. The first kappa shape index (κ1) is 11.1. The standard InChI is InChI=1S/C12H12BrN3/c1-2-12-15-10(7-11(14)16-12)8-3-5-9(13)6-4-8/h3-7H,2H2,1H3,(H2,14,15,16). The summed E-state index contributed by atoms with van der Waals surface area (Å²) in [5, 5.41) is 0. The van der Waals surface area contributed by atoms with E-state index in [1.807, 2.05) is 31.2 Å². The van der Waals surface area contributed by atoms with Crippen LogP contribution >= 0.6 is 15.9 Å². The van der Waals surface area contributed by atoms with Gasteiger partial charge in [0.15, 0.2) is 0 Å². The summed E-state index contributed by atoms with van der Waals surface area (Å²) in [6.07, 6.45) is 0.786. The maximum absolute atomic E-state index is 5.74. The van der Waals surface area contributed by atoms with E-state index in [0.717, 1.165) is 28.0 Å². The zero-order valence-corrected chi connectivity index (χ0v) is 10.5. The zero-order valence-electron chi connectivity index (χ0n) is 8.94. The number of nitrogen functional groups attached to an aromatic ring is 1. The molecule has 16 heavy (non-hydrogen) atoms. The Morgan fingerprint density at radius 2 is 1.88 bits per heavy atom. The van der Waals surface area contributed by atoms with E-state index in [2.05, 4.69) is 25.9 Å². The summed E-state index contributed by atoms with van der Waals surface area (Å²) < 4.78 is 1.05. The second-order valence-corrected chi connectivity index (χ2v) is 4.37. The van der Waals surface area contributed by atoms with Crippen molar-refractivity contribution in [1.29, 1.82) is 0 Å². The van der Waals surface area contributed by atoms with E-state index in [1.165, 1.54) is 0 Å². The van der Waals surface area contributed by atoms with Crippen molar-refractivity contribution >= 4 is 21.7 Å². The van der Waals surface area contributed by atoms with E-state index >= 15 is 0 Å². The van der Waals surface area contributed by atoms with Crippen LogP contribution in [0.2, 0.25) is 0 Å². The number of halogens is 1. The molecule has 0 amide bonds. The van der Waals surface area contributed by atoms with Gasteiger partial charge in [0.25, 0.3) is 0 Å². The molecule has 0 fully saturated rings. The summed E-state index contributed by atoms with van der Waals surface area (Å²) in [4.78, 5) is 8.60. The van der Waals surface area contributed by atoms with Crippen molar-refractivity contribution in [3.05, 3.63) is 40.6 Å². The van der Waals surface area contributed by atoms with Gasteiger partial charge < -0.3 is 5.73 Å². The summed E-state index contributed by atoms with van der Waals surface area (Å²) in [6, 6.07) is 9.78. The number of benzene rings is 1. The topological polar surface area (TPSA) is 51.8 Å². The SMILES string of the molecule is CCc1nc(N)cc(-c2ccc(Br)cc2)n1. The van der Waals surface area contributed by atoms with Crippen molar-refractivity contribution in [2.45, 2.75) is 13.3 Å². The first-order valence-electron chi connectivity index (χ1n) is 5.08. The third kappa shape index (κ3) is 2.39. The first-order valence-corrected chi connectivity index (χ1v) is 5.87. The highest BCUT2D eigenvalue weighted by Crippen LogP contribution is 2.21. The second kappa shape index (κ2) is 4.61. The number of hydrogen-bond donors (Lipinski definition) is 1. The molecular weight excluding hydrogens is 266 g/mol. The Hall–Kier alpha value is -1.42. The van der Waals surface area contributed by atoms with Gasteiger partial charge in [-0.15, -0.1) is 0 Å². The van der Waals surface area contributed by atoms with Crippen LogP contribution in [0.4, 0.5) is 5.82 Å². The largest absolute Gasteiger partial charge is 0.384 e. The molecule has 1 aromatic heterocycles. The third-order valence-corrected chi connectivity index (χ3v) is 2.78. The van der Waals surface area contributed by atoms with Crippen LogP contribution in [0.1, 0.15) is 12.7 Å². The molecule has 2 N–H and O–H groups in total. The van der Waals surface area contributed by atoms with Crippen LogP contribution in [-0.2, 0) is 6.42 Å². The minimum absolute atomic E-state index is 0.518. The highest BCUT2D eigenvalue weighted by atomic mass is 79.9. The fourth-order valence-corrected chi connectivity index (χ4v) is 1.71. The number of aryl methyl sites for hydroxylation is 1. The summed E-state index contributed by atoms with van der Waals surface area (Å²) in [6.45, 7) is 2.01. The molecule has 3 nitrogen and oxygen atoms in total. The average molecular weight is 278 g/mol. The fraction of sp³-hybridized carbons (Fsp3) is 0.167. The molecule has 1 aromatic carbocycles. The van der Waals surface area contributed by atoms with E-state index < -0.39 is 0 Å². The van der Waals surface area contributed by atoms with Crippen molar-refractivity contribution in [3.63, 3.8) is 0 Å². The second-order valence-electron chi connectivity index (χ2n) is 3.45. The van der Waals surface area contributed by atoms with Gasteiger partial charge in [0.2, 0.25) is 0 Å². The molecule has 0 spiro atoms. The molecule has 1 heterocycles. The van der Waals surface area contributed by atoms with Crippen LogP contribution in [0.15, 0.2) is 34.8 Å². The quantitative estimate of drug-likeness (QED) is 0.918. The minimum Gasteiger partial charge on any atom is -0.384 e. The monoisotopic (exact) mass is 277 g/mol. The number of nitrogens with zero attached hydrogens (tertiary/aromatic N) is 2. The van der Waals surface area contributed by atoms with Crippen molar-refractivity contribution in [1.82, 2.24) is 9.97 Å². The molecular formula is C12H12BrN3. The lowest BCUT2D eigenvalue weighted by Gasteiger charge is -2.04. The van der Waals surface area contributed by atoms with Gasteiger partial charge in [0, 0.05) is 22.5 Å². The Morgan fingerprint density at radius 3 is 2.50 bits per heavy atom. The van der Waals surface area contributed by atoms with Crippen LogP contribution in [0, 0.1) is 0 Å². The molecule has 0 bridgehead atoms. The predicted octanol–water partition coefficient (Wildman–Crippen LogP) is 3.05. The summed E-state index contributed by atoms with van der Waals surface area (Å²) in [7, 11) is 0. The highest BCUT2D eigenvalue weighted by molar-refractivity contribution is 9.10. The van der Waals surface area contributed by atoms with E-state index in [1.54, 1.807) is 6.07 Å². The molecule has 2 aromatic rings. The predicted molar refractivity (Wildman–Crippen MR) is 69.0 cm³/mol. The van der Waals surface area contributed by atoms with Crippen molar-refractivity contribution < 1.29 is 0 Å². The molecule has 82 valence electrons. The maximum atomic E-state index is 5.74. The van der Waals surface area contributed by atoms with Crippen LogP contribution in [-0.4, -0.2) is 9.97 Å². The lowest BCUT2D eigenvalue weighted by molar-refractivity contribution is 0.949.